The lowest BCUT2D eigenvalue weighted by Gasteiger charge is -2.27. The molecule has 1 aromatic heterocycles. The number of aromatic hydroxyl groups is 1. The lowest BCUT2D eigenvalue weighted by Crippen LogP contribution is -2.29. The van der Waals surface area contributed by atoms with Crippen LogP contribution in [-0.2, 0) is 0 Å². The van der Waals surface area contributed by atoms with E-state index in [1.54, 1.807) is 22.8 Å². The van der Waals surface area contributed by atoms with E-state index in [1.807, 2.05) is 50.1 Å². The smallest absolute Gasteiger partial charge is 0.257 e. The van der Waals surface area contributed by atoms with Gasteiger partial charge in [0.2, 0.25) is 0 Å². The van der Waals surface area contributed by atoms with Crippen LogP contribution in [0.15, 0.2) is 65.5 Å². The van der Waals surface area contributed by atoms with Gasteiger partial charge in [-0.1, -0.05) is 49.7 Å². The highest BCUT2D eigenvalue weighted by Crippen LogP contribution is 2.41. The summed E-state index contributed by atoms with van der Waals surface area (Å²) in [5, 5.41) is 11.5. The van der Waals surface area contributed by atoms with Crippen LogP contribution in [0.25, 0.3) is 27.7 Å². The largest absolute Gasteiger partial charge is 0.507 e. The molecule has 176 valence electrons. The van der Waals surface area contributed by atoms with Crippen molar-refractivity contribution in [2.24, 2.45) is 0 Å². The van der Waals surface area contributed by atoms with Gasteiger partial charge in [0.1, 0.15) is 11.6 Å². The molecular weight excluding hydrogens is 451 g/mol. The molecule has 0 fully saturated rings. The Bertz CT molecular complexity index is 1420. The standard InChI is InChI=1S/C28H28ClFN2O2/c1-16(2)18-9-6-7-11-23(18)32-25-14-19(28-22(30)10-8-12-26(28)33)21(29)13-20(25)24(15-27(32)34)31(5)17(3)4/h6-17,33H,1-5H3. The monoisotopic (exact) mass is 478 g/mol. The summed E-state index contributed by atoms with van der Waals surface area (Å²) < 4.78 is 16.5. The van der Waals surface area contributed by atoms with E-state index in [1.165, 1.54) is 18.2 Å². The van der Waals surface area contributed by atoms with Gasteiger partial charge in [-0.2, -0.15) is 0 Å². The van der Waals surface area contributed by atoms with Gasteiger partial charge in [-0.3, -0.25) is 9.36 Å². The zero-order valence-corrected chi connectivity index (χ0v) is 20.7. The molecule has 0 radical (unpaired) electrons. The minimum Gasteiger partial charge on any atom is -0.507 e. The number of phenols is 1. The lowest BCUT2D eigenvalue weighted by molar-refractivity contribution is 0.472. The fourth-order valence-electron chi connectivity index (χ4n) is 4.30. The number of fused-ring (bicyclic) bond motifs is 1. The van der Waals surface area contributed by atoms with Gasteiger partial charge < -0.3 is 10.0 Å². The van der Waals surface area contributed by atoms with Crippen LogP contribution in [0.1, 0.15) is 39.2 Å². The number of benzene rings is 3. The van der Waals surface area contributed by atoms with Crippen molar-refractivity contribution >= 4 is 28.2 Å². The van der Waals surface area contributed by atoms with Crippen LogP contribution in [0.2, 0.25) is 5.02 Å². The van der Waals surface area contributed by atoms with E-state index in [0.717, 1.165) is 22.3 Å². The molecule has 3 aromatic carbocycles. The maximum Gasteiger partial charge on any atom is 0.257 e. The average Bonchev–Trinajstić information content (AvgIpc) is 2.78. The number of pyridine rings is 1. The first-order chi connectivity index (χ1) is 16.1. The van der Waals surface area contributed by atoms with Crippen molar-refractivity contribution in [3.05, 3.63) is 87.4 Å². The van der Waals surface area contributed by atoms with Crippen LogP contribution < -0.4 is 10.5 Å². The Labute approximate surface area is 203 Å². The van der Waals surface area contributed by atoms with Crippen LogP contribution in [0.3, 0.4) is 0 Å². The van der Waals surface area contributed by atoms with Gasteiger partial charge in [0.15, 0.2) is 0 Å². The molecule has 4 nitrogen and oxygen atoms in total. The molecular formula is C28H28ClFN2O2. The Kier molecular flexibility index (Phi) is 6.41. The molecule has 0 spiro atoms. The predicted molar refractivity (Wildman–Crippen MR) is 139 cm³/mol. The third kappa shape index (κ3) is 4.05. The van der Waals surface area contributed by atoms with Gasteiger partial charge in [0.25, 0.3) is 5.56 Å². The van der Waals surface area contributed by atoms with Crippen LogP contribution in [0, 0.1) is 5.82 Å². The first-order valence-electron chi connectivity index (χ1n) is 11.3. The molecule has 6 heteroatoms. The SMILES string of the molecule is CC(C)c1ccccc1-n1c(=O)cc(N(C)C(C)C)c2cc(Cl)c(-c3c(O)cccc3F)cc21. The molecule has 0 aliphatic heterocycles. The second-order valence-corrected chi connectivity index (χ2v) is 9.51. The van der Waals surface area contributed by atoms with E-state index < -0.39 is 5.82 Å². The highest BCUT2D eigenvalue weighted by atomic mass is 35.5. The molecule has 0 amide bonds. The van der Waals surface area contributed by atoms with Crippen LogP contribution in [-0.4, -0.2) is 22.8 Å². The van der Waals surface area contributed by atoms with Crippen molar-refractivity contribution < 1.29 is 9.50 Å². The molecule has 0 atom stereocenters. The minimum atomic E-state index is -0.590. The highest BCUT2D eigenvalue weighted by molar-refractivity contribution is 6.34. The van der Waals surface area contributed by atoms with Crippen molar-refractivity contribution in [3.63, 3.8) is 0 Å². The van der Waals surface area contributed by atoms with E-state index in [-0.39, 0.29) is 33.9 Å². The molecule has 0 saturated heterocycles. The van der Waals surface area contributed by atoms with Gasteiger partial charge in [0.05, 0.1) is 22.5 Å². The van der Waals surface area contributed by atoms with Crippen LogP contribution >= 0.6 is 11.6 Å². The van der Waals surface area contributed by atoms with E-state index in [9.17, 15) is 14.3 Å². The fourth-order valence-corrected chi connectivity index (χ4v) is 4.56. The van der Waals surface area contributed by atoms with Crippen molar-refractivity contribution in [3.8, 4) is 22.6 Å². The van der Waals surface area contributed by atoms with Crippen molar-refractivity contribution in [1.82, 2.24) is 4.57 Å². The molecule has 34 heavy (non-hydrogen) atoms. The molecule has 4 aromatic rings. The summed E-state index contributed by atoms with van der Waals surface area (Å²) in [5.41, 5.74) is 3.23. The predicted octanol–water partition coefficient (Wildman–Crippen LogP) is 7.12. The number of phenolic OH excluding ortho intramolecular Hbond substituents is 1. The Morgan fingerprint density at radius 3 is 2.35 bits per heavy atom. The topological polar surface area (TPSA) is 45.5 Å². The fraction of sp³-hybridized carbons (Fsp3) is 0.250. The summed E-state index contributed by atoms with van der Waals surface area (Å²) in [5.74, 6) is -0.625. The van der Waals surface area contributed by atoms with Crippen molar-refractivity contribution in [2.75, 3.05) is 11.9 Å². The third-order valence-electron chi connectivity index (χ3n) is 6.30. The zero-order valence-electron chi connectivity index (χ0n) is 19.9. The quantitative estimate of drug-likeness (QED) is 0.332. The second kappa shape index (κ2) is 9.15. The lowest BCUT2D eigenvalue weighted by atomic mass is 9.98. The van der Waals surface area contributed by atoms with Crippen LogP contribution in [0.4, 0.5) is 10.1 Å². The van der Waals surface area contributed by atoms with Gasteiger partial charge in [-0.05, 0) is 55.7 Å². The summed E-state index contributed by atoms with van der Waals surface area (Å²) in [4.78, 5) is 15.6. The van der Waals surface area contributed by atoms with Crippen molar-refractivity contribution in [1.29, 1.82) is 0 Å². The van der Waals surface area contributed by atoms with E-state index in [0.29, 0.717) is 11.1 Å². The number of nitrogens with zero attached hydrogens (tertiary/aromatic N) is 2. The first kappa shape index (κ1) is 23.8. The van der Waals surface area contributed by atoms with Crippen LogP contribution in [0.5, 0.6) is 5.75 Å². The maximum absolute atomic E-state index is 14.8. The van der Waals surface area contributed by atoms with Gasteiger partial charge in [-0.15, -0.1) is 0 Å². The number of rotatable bonds is 5. The summed E-state index contributed by atoms with van der Waals surface area (Å²) in [6.45, 7) is 8.23. The van der Waals surface area contributed by atoms with Gasteiger partial charge in [-0.25, -0.2) is 4.39 Å². The minimum absolute atomic E-state index is 0.00756. The summed E-state index contributed by atoms with van der Waals surface area (Å²) >= 11 is 6.67. The van der Waals surface area contributed by atoms with E-state index in [2.05, 4.69) is 13.8 Å². The number of aromatic nitrogens is 1. The zero-order chi connectivity index (χ0) is 24.7. The number of anilines is 1. The maximum atomic E-state index is 14.8. The molecule has 4 rings (SSSR count). The van der Waals surface area contributed by atoms with Gasteiger partial charge in [0, 0.05) is 35.1 Å². The second-order valence-electron chi connectivity index (χ2n) is 9.10. The third-order valence-corrected chi connectivity index (χ3v) is 6.61. The summed E-state index contributed by atoms with van der Waals surface area (Å²) in [7, 11) is 1.93. The molecule has 1 N–H and O–H groups in total. The number of hydrogen-bond donors (Lipinski definition) is 1. The highest BCUT2D eigenvalue weighted by Gasteiger charge is 2.21. The Balaban J connectivity index is 2.18. The molecule has 0 bridgehead atoms. The Morgan fingerprint density at radius 1 is 1.00 bits per heavy atom. The Morgan fingerprint density at radius 2 is 1.71 bits per heavy atom. The number of para-hydroxylation sites is 1. The first-order valence-corrected chi connectivity index (χ1v) is 11.7. The normalized spacial score (nSPS) is 11.6. The van der Waals surface area contributed by atoms with E-state index in [4.69, 9.17) is 11.6 Å². The average molecular weight is 479 g/mol. The molecule has 0 saturated carbocycles. The number of hydrogen-bond acceptors (Lipinski definition) is 3. The van der Waals surface area contributed by atoms with Gasteiger partial charge >= 0.3 is 0 Å². The number of halogens is 2. The molecule has 0 aliphatic rings. The summed E-state index contributed by atoms with van der Waals surface area (Å²) in [6.07, 6.45) is 0. The molecule has 0 unspecified atom stereocenters. The molecule has 1 heterocycles. The van der Waals surface area contributed by atoms with Crippen molar-refractivity contribution in [2.45, 2.75) is 39.7 Å². The molecule has 0 aliphatic carbocycles. The summed E-state index contributed by atoms with van der Waals surface area (Å²) in [6, 6.07) is 17.1. The van der Waals surface area contributed by atoms with E-state index >= 15 is 0 Å². The Hall–Kier alpha value is -3.31.